The summed E-state index contributed by atoms with van der Waals surface area (Å²) in [4.78, 5) is 14.8. The molecule has 2 aromatic rings. The van der Waals surface area contributed by atoms with Gasteiger partial charge in [-0.15, -0.1) is 0 Å². The second-order valence-corrected chi connectivity index (χ2v) is 9.32. The highest BCUT2D eigenvalue weighted by Crippen LogP contribution is 2.12. The predicted molar refractivity (Wildman–Crippen MR) is 113 cm³/mol. The SMILES string of the molecule is C[C@H]1CN(CCCNC(=O)c2ccc(S(=O)(=O)NCc3ccco3)cc2)C[C@H](C)O1. The molecule has 0 spiro atoms. The number of carbonyl (C=O) groups excluding carboxylic acids is 1. The zero-order valence-electron chi connectivity index (χ0n) is 17.3. The van der Waals surface area contributed by atoms with Crippen molar-refractivity contribution in [2.24, 2.45) is 0 Å². The molecule has 1 aromatic heterocycles. The molecule has 0 radical (unpaired) electrons. The van der Waals surface area contributed by atoms with Gasteiger partial charge in [-0.3, -0.25) is 9.69 Å². The topological polar surface area (TPSA) is 101 Å². The maximum Gasteiger partial charge on any atom is 0.251 e. The quantitative estimate of drug-likeness (QED) is 0.584. The van der Waals surface area contributed by atoms with Crippen LogP contribution in [0.1, 0.15) is 36.4 Å². The van der Waals surface area contributed by atoms with Gasteiger partial charge in [-0.05, 0) is 56.7 Å². The highest BCUT2D eigenvalue weighted by atomic mass is 32.2. The Bertz CT molecular complexity index is 903. The van der Waals surface area contributed by atoms with Gasteiger partial charge >= 0.3 is 0 Å². The first-order chi connectivity index (χ1) is 14.3. The molecular formula is C21H29N3O5S. The lowest BCUT2D eigenvalue weighted by molar-refractivity contribution is -0.0680. The normalized spacial score (nSPS) is 20.2. The molecule has 0 aliphatic carbocycles. The molecule has 1 aliphatic heterocycles. The van der Waals surface area contributed by atoms with Crippen molar-refractivity contribution < 1.29 is 22.4 Å². The van der Waals surface area contributed by atoms with E-state index in [2.05, 4.69) is 28.8 Å². The number of benzene rings is 1. The number of nitrogens with zero attached hydrogens (tertiary/aromatic N) is 1. The summed E-state index contributed by atoms with van der Waals surface area (Å²) in [6.45, 7) is 7.48. The number of carbonyl (C=O) groups is 1. The van der Waals surface area contributed by atoms with Gasteiger partial charge in [0, 0.05) is 31.7 Å². The molecule has 1 aliphatic rings. The third-order valence-corrected chi connectivity index (χ3v) is 6.29. The number of nitrogens with one attached hydrogen (secondary N) is 2. The molecule has 3 rings (SSSR count). The van der Waals surface area contributed by atoms with Crippen LogP contribution >= 0.6 is 0 Å². The van der Waals surface area contributed by atoms with Gasteiger partial charge in [0.2, 0.25) is 10.0 Å². The highest BCUT2D eigenvalue weighted by Gasteiger charge is 2.21. The Morgan fingerprint density at radius 2 is 1.83 bits per heavy atom. The van der Waals surface area contributed by atoms with Crippen LogP contribution in [0.15, 0.2) is 52.0 Å². The van der Waals surface area contributed by atoms with Crippen molar-refractivity contribution in [3.05, 3.63) is 54.0 Å². The van der Waals surface area contributed by atoms with Gasteiger partial charge in [0.15, 0.2) is 0 Å². The molecule has 0 unspecified atom stereocenters. The van der Waals surface area contributed by atoms with Gasteiger partial charge in [-0.25, -0.2) is 13.1 Å². The van der Waals surface area contributed by atoms with E-state index in [0.717, 1.165) is 26.1 Å². The molecule has 0 saturated carbocycles. The highest BCUT2D eigenvalue weighted by molar-refractivity contribution is 7.89. The van der Waals surface area contributed by atoms with Crippen molar-refractivity contribution in [3.63, 3.8) is 0 Å². The van der Waals surface area contributed by atoms with Gasteiger partial charge in [0.25, 0.3) is 5.91 Å². The summed E-state index contributed by atoms with van der Waals surface area (Å²) in [6, 6.07) is 9.27. The lowest BCUT2D eigenvalue weighted by Crippen LogP contribution is -2.46. The van der Waals surface area contributed by atoms with Crippen LogP contribution in [0.3, 0.4) is 0 Å². The third kappa shape index (κ3) is 6.40. The fourth-order valence-electron chi connectivity index (χ4n) is 3.52. The minimum atomic E-state index is -3.68. The largest absolute Gasteiger partial charge is 0.468 e. The molecule has 1 fully saturated rings. The Kier molecular flexibility index (Phi) is 7.65. The van der Waals surface area contributed by atoms with E-state index in [4.69, 9.17) is 9.15 Å². The van der Waals surface area contributed by atoms with E-state index in [1.54, 1.807) is 12.1 Å². The summed E-state index contributed by atoms with van der Waals surface area (Å²) in [7, 11) is -3.68. The van der Waals surface area contributed by atoms with Crippen LogP contribution < -0.4 is 10.0 Å². The van der Waals surface area contributed by atoms with Crippen molar-refractivity contribution in [1.82, 2.24) is 14.9 Å². The summed E-state index contributed by atoms with van der Waals surface area (Å²) in [6.07, 6.45) is 2.78. The number of amides is 1. The number of furan rings is 1. The van der Waals surface area contributed by atoms with Crippen LogP contribution in [0.4, 0.5) is 0 Å². The average Bonchev–Trinajstić information content (AvgIpc) is 3.23. The Balaban J connectivity index is 1.44. The van der Waals surface area contributed by atoms with E-state index in [1.165, 1.54) is 30.5 Å². The Morgan fingerprint density at radius 1 is 1.13 bits per heavy atom. The van der Waals surface area contributed by atoms with Gasteiger partial charge in [-0.2, -0.15) is 0 Å². The number of rotatable bonds is 9. The lowest BCUT2D eigenvalue weighted by atomic mass is 10.2. The smallest absolute Gasteiger partial charge is 0.251 e. The number of hydrogen-bond donors (Lipinski definition) is 2. The summed E-state index contributed by atoms with van der Waals surface area (Å²) in [5.41, 5.74) is 0.425. The lowest BCUT2D eigenvalue weighted by Gasteiger charge is -2.35. The van der Waals surface area contributed by atoms with E-state index in [-0.39, 0.29) is 29.6 Å². The molecule has 9 heteroatoms. The van der Waals surface area contributed by atoms with Crippen LogP contribution in [-0.2, 0) is 21.3 Å². The molecule has 2 atom stereocenters. The predicted octanol–water partition coefficient (Wildman–Crippen LogP) is 1.99. The van der Waals surface area contributed by atoms with Crippen molar-refractivity contribution in [1.29, 1.82) is 0 Å². The van der Waals surface area contributed by atoms with Crippen LogP contribution in [0, 0.1) is 0 Å². The second kappa shape index (κ2) is 10.2. The number of ether oxygens (including phenoxy) is 1. The van der Waals surface area contributed by atoms with Gasteiger partial charge in [0.1, 0.15) is 5.76 Å². The van der Waals surface area contributed by atoms with Crippen molar-refractivity contribution in [2.45, 2.75) is 43.9 Å². The Morgan fingerprint density at radius 3 is 2.47 bits per heavy atom. The molecule has 1 aromatic carbocycles. The minimum Gasteiger partial charge on any atom is -0.468 e. The third-order valence-electron chi connectivity index (χ3n) is 4.88. The monoisotopic (exact) mass is 435 g/mol. The van der Waals surface area contributed by atoms with E-state index >= 15 is 0 Å². The van der Waals surface area contributed by atoms with Crippen LogP contribution in [0.2, 0.25) is 0 Å². The molecule has 2 heterocycles. The molecule has 30 heavy (non-hydrogen) atoms. The van der Waals surface area contributed by atoms with Crippen LogP contribution in [0.5, 0.6) is 0 Å². The fraction of sp³-hybridized carbons (Fsp3) is 0.476. The Hall–Kier alpha value is -2.20. The minimum absolute atomic E-state index is 0.0677. The average molecular weight is 436 g/mol. The first kappa shape index (κ1) is 22.5. The van der Waals surface area contributed by atoms with Crippen LogP contribution in [0.25, 0.3) is 0 Å². The molecule has 8 nitrogen and oxygen atoms in total. The fourth-order valence-corrected chi connectivity index (χ4v) is 4.52. The molecular weight excluding hydrogens is 406 g/mol. The first-order valence-corrected chi connectivity index (χ1v) is 11.6. The van der Waals surface area contributed by atoms with E-state index in [9.17, 15) is 13.2 Å². The maximum atomic E-state index is 12.3. The summed E-state index contributed by atoms with van der Waals surface area (Å²) < 4.78 is 38.0. The number of hydrogen-bond acceptors (Lipinski definition) is 6. The Labute approximate surface area is 177 Å². The zero-order valence-corrected chi connectivity index (χ0v) is 18.2. The van der Waals surface area contributed by atoms with Gasteiger partial charge < -0.3 is 14.5 Å². The number of sulfonamides is 1. The molecule has 0 bridgehead atoms. The van der Waals surface area contributed by atoms with E-state index < -0.39 is 10.0 Å². The van der Waals surface area contributed by atoms with Gasteiger partial charge in [0.05, 0.1) is 29.9 Å². The molecule has 1 saturated heterocycles. The number of morpholine rings is 1. The first-order valence-electron chi connectivity index (χ1n) is 10.1. The summed E-state index contributed by atoms with van der Waals surface area (Å²) in [5.74, 6) is 0.307. The van der Waals surface area contributed by atoms with Gasteiger partial charge in [-0.1, -0.05) is 0 Å². The molecule has 2 N–H and O–H groups in total. The standard InChI is InChI=1S/C21H29N3O5S/c1-16-14-24(15-17(2)29-16)11-4-10-22-21(25)18-6-8-20(9-7-18)30(26,27)23-13-19-5-3-12-28-19/h3,5-9,12,16-17,23H,4,10-11,13-15H2,1-2H3,(H,22,25)/t16-,17-/m0/s1. The van der Waals surface area contributed by atoms with Crippen molar-refractivity contribution in [3.8, 4) is 0 Å². The molecule has 164 valence electrons. The summed E-state index contributed by atoms with van der Waals surface area (Å²) >= 11 is 0. The molecule has 1 amide bonds. The zero-order chi connectivity index (χ0) is 21.6. The summed E-state index contributed by atoms with van der Waals surface area (Å²) in [5, 5.41) is 2.89. The van der Waals surface area contributed by atoms with E-state index in [0.29, 0.717) is 17.9 Å². The maximum absolute atomic E-state index is 12.3. The van der Waals surface area contributed by atoms with E-state index in [1.807, 2.05) is 0 Å². The second-order valence-electron chi connectivity index (χ2n) is 7.55. The van der Waals surface area contributed by atoms with Crippen LogP contribution in [-0.4, -0.2) is 57.6 Å². The van der Waals surface area contributed by atoms with Crippen molar-refractivity contribution >= 4 is 15.9 Å². The van der Waals surface area contributed by atoms with Crippen molar-refractivity contribution in [2.75, 3.05) is 26.2 Å².